The molecular formula is C11H18N2S2. The van der Waals surface area contributed by atoms with Crippen molar-refractivity contribution in [2.45, 2.75) is 38.4 Å². The van der Waals surface area contributed by atoms with Gasteiger partial charge in [0.05, 0.1) is 5.69 Å². The molecule has 1 aromatic heterocycles. The molecule has 0 aromatic carbocycles. The van der Waals surface area contributed by atoms with Gasteiger partial charge in [-0.3, -0.25) is 0 Å². The third kappa shape index (κ3) is 2.67. The molecule has 84 valence electrons. The summed E-state index contributed by atoms with van der Waals surface area (Å²) in [4.78, 5) is 8.40. The molecule has 1 aliphatic heterocycles. The van der Waals surface area contributed by atoms with Gasteiger partial charge in [-0.15, -0.1) is 11.3 Å². The second-order valence-corrected chi connectivity index (χ2v) is 5.44. The normalized spacial score (nSPS) is 17.9. The molecule has 15 heavy (non-hydrogen) atoms. The minimum absolute atomic E-state index is 0.817. The number of thiol groups is 1. The molecule has 0 atom stereocenters. The van der Waals surface area contributed by atoms with Gasteiger partial charge in [-0.1, -0.05) is 12.8 Å². The Kier molecular flexibility index (Phi) is 3.92. The second kappa shape index (κ2) is 5.21. The van der Waals surface area contributed by atoms with E-state index in [1.165, 1.54) is 48.8 Å². The standard InChI is InChI=1S/C11H18N2S2/c1-9-10(8-14)15-11(12-9)13-6-4-2-3-5-7-13/h14H,2-8H2,1H3. The lowest BCUT2D eigenvalue weighted by molar-refractivity contribution is 0.726. The third-order valence-corrected chi connectivity index (χ3v) is 4.65. The third-order valence-electron chi connectivity index (χ3n) is 2.90. The highest BCUT2D eigenvalue weighted by Crippen LogP contribution is 2.28. The molecule has 0 bridgehead atoms. The van der Waals surface area contributed by atoms with E-state index in [1.807, 2.05) is 11.3 Å². The first-order chi connectivity index (χ1) is 7.31. The van der Waals surface area contributed by atoms with Gasteiger partial charge >= 0.3 is 0 Å². The Bertz CT molecular complexity index is 314. The van der Waals surface area contributed by atoms with Crippen molar-refractivity contribution in [2.75, 3.05) is 18.0 Å². The first-order valence-electron chi connectivity index (χ1n) is 5.63. The fourth-order valence-electron chi connectivity index (χ4n) is 1.96. The molecule has 4 heteroatoms. The summed E-state index contributed by atoms with van der Waals surface area (Å²) in [7, 11) is 0. The van der Waals surface area contributed by atoms with Crippen molar-refractivity contribution < 1.29 is 0 Å². The van der Waals surface area contributed by atoms with Crippen LogP contribution >= 0.6 is 24.0 Å². The van der Waals surface area contributed by atoms with Gasteiger partial charge in [0.1, 0.15) is 0 Å². The molecule has 0 aliphatic carbocycles. The summed E-state index contributed by atoms with van der Waals surface area (Å²) in [6.45, 7) is 4.45. The van der Waals surface area contributed by atoms with E-state index in [4.69, 9.17) is 0 Å². The van der Waals surface area contributed by atoms with Crippen molar-refractivity contribution in [3.8, 4) is 0 Å². The summed E-state index contributed by atoms with van der Waals surface area (Å²) in [5.41, 5.74) is 1.16. The smallest absolute Gasteiger partial charge is 0.185 e. The first kappa shape index (κ1) is 11.3. The predicted octanol–water partition coefficient (Wildman–Crippen LogP) is 3.26. The number of hydrogen-bond acceptors (Lipinski definition) is 4. The number of anilines is 1. The summed E-state index contributed by atoms with van der Waals surface area (Å²) in [5, 5.41) is 1.21. The van der Waals surface area contributed by atoms with Crippen molar-refractivity contribution in [1.29, 1.82) is 0 Å². The van der Waals surface area contributed by atoms with E-state index in [9.17, 15) is 0 Å². The lowest BCUT2D eigenvalue weighted by Crippen LogP contribution is -2.23. The molecule has 0 spiro atoms. The van der Waals surface area contributed by atoms with Gasteiger partial charge in [0.2, 0.25) is 0 Å². The zero-order chi connectivity index (χ0) is 10.7. The summed E-state index contributed by atoms with van der Waals surface area (Å²) >= 11 is 6.14. The second-order valence-electron chi connectivity index (χ2n) is 4.06. The minimum Gasteiger partial charge on any atom is -0.348 e. The Balaban J connectivity index is 2.12. The van der Waals surface area contributed by atoms with Crippen LogP contribution in [0.5, 0.6) is 0 Å². The number of nitrogens with zero attached hydrogens (tertiary/aromatic N) is 2. The Hall–Kier alpha value is -0.220. The fraction of sp³-hybridized carbons (Fsp3) is 0.727. The maximum Gasteiger partial charge on any atom is 0.185 e. The Morgan fingerprint density at radius 3 is 2.47 bits per heavy atom. The van der Waals surface area contributed by atoms with Crippen LogP contribution in [0.3, 0.4) is 0 Å². The van der Waals surface area contributed by atoms with Crippen LogP contribution in [0.15, 0.2) is 0 Å². The zero-order valence-corrected chi connectivity index (χ0v) is 10.9. The van der Waals surface area contributed by atoms with Crippen molar-refractivity contribution in [3.05, 3.63) is 10.6 Å². The number of hydrogen-bond donors (Lipinski definition) is 1. The van der Waals surface area contributed by atoms with E-state index in [2.05, 4.69) is 29.4 Å². The van der Waals surface area contributed by atoms with E-state index in [1.54, 1.807) is 0 Å². The maximum atomic E-state index is 4.64. The summed E-state index contributed by atoms with van der Waals surface area (Å²) in [6, 6.07) is 0. The van der Waals surface area contributed by atoms with Crippen LogP contribution in [0, 0.1) is 6.92 Å². The molecule has 2 nitrogen and oxygen atoms in total. The summed E-state index contributed by atoms with van der Waals surface area (Å²) in [6.07, 6.45) is 5.38. The van der Waals surface area contributed by atoms with Gasteiger partial charge in [-0.25, -0.2) is 4.98 Å². The molecule has 2 heterocycles. The number of aromatic nitrogens is 1. The van der Waals surface area contributed by atoms with Crippen molar-refractivity contribution in [3.63, 3.8) is 0 Å². The number of aryl methyl sites for hydroxylation is 1. The summed E-state index contributed by atoms with van der Waals surface area (Å²) < 4.78 is 0. The lowest BCUT2D eigenvalue weighted by atomic mass is 10.2. The first-order valence-corrected chi connectivity index (χ1v) is 7.08. The number of rotatable bonds is 2. The quantitative estimate of drug-likeness (QED) is 0.801. The highest BCUT2D eigenvalue weighted by Gasteiger charge is 2.14. The van der Waals surface area contributed by atoms with Gasteiger partial charge in [-0.05, 0) is 19.8 Å². The Labute approximate surface area is 101 Å². The molecule has 0 unspecified atom stereocenters. The highest BCUT2D eigenvalue weighted by atomic mass is 32.1. The molecule has 1 saturated heterocycles. The monoisotopic (exact) mass is 242 g/mol. The van der Waals surface area contributed by atoms with Gasteiger partial charge < -0.3 is 4.90 Å². The lowest BCUT2D eigenvalue weighted by Gasteiger charge is -2.18. The van der Waals surface area contributed by atoms with Crippen LogP contribution in [-0.2, 0) is 5.75 Å². The average Bonchev–Trinajstić information content (AvgIpc) is 2.48. The van der Waals surface area contributed by atoms with E-state index in [0.717, 1.165) is 11.4 Å². The molecule has 0 N–H and O–H groups in total. The molecule has 0 saturated carbocycles. The van der Waals surface area contributed by atoms with Crippen LogP contribution in [0.25, 0.3) is 0 Å². The van der Waals surface area contributed by atoms with E-state index >= 15 is 0 Å². The molecular weight excluding hydrogens is 224 g/mol. The van der Waals surface area contributed by atoms with Gasteiger partial charge in [0, 0.05) is 23.7 Å². The Morgan fingerprint density at radius 2 is 1.93 bits per heavy atom. The van der Waals surface area contributed by atoms with E-state index in [-0.39, 0.29) is 0 Å². The van der Waals surface area contributed by atoms with E-state index in [0.29, 0.717) is 0 Å². The van der Waals surface area contributed by atoms with Crippen LogP contribution in [0.2, 0.25) is 0 Å². The van der Waals surface area contributed by atoms with Crippen molar-refractivity contribution >= 4 is 29.1 Å². The zero-order valence-electron chi connectivity index (χ0n) is 9.20. The van der Waals surface area contributed by atoms with Gasteiger partial charge in [0.15, 0.2) is 5.13 Å². The van der Waals surface area contributed by atoms with Crippen LogP contribution in [0.1, 0.15) is 36.3 Å². The van der Waals surface area contributed by atoms with Gasteiger partial charge in [-0.2, -0.15) is 12.6 Å². The predicted molar refractivity (Wildman–Crippen MR) is 70.2 cm³/mol. The molecule has 1 aromatic rings. The molecule has 1 fully saturated rings. The van der Waals surface area contributed by atoms with Crippen LogP contribution in [0.4, 0.5) is 5.13 Å². The van der Waals surface area contributed by atoms with Crippen LogP contribution < -0.4 is 4.90 Å². The largest absolute Gasteiger partial charge is 0.348 e. The average molecular weight is 242 g/mol. The highest BCUT2D eigenvalue weighted by molar-refractivity contribution is 7.79. The topological polar surface area (TPSA) is 16.1 Å². The summed E-state index contributed by atoms with van der Waals surface area (Å²) in [5.74, 6) is 0.817. The minimum atomic E-state index is 0.817. The van der Waals surface area contributed by atoms with Gasteiger partial charge in [0.25, 0.3) is 0 Å². The van der Waals surface area contributed by atoms with Crippen molar-refractivity contribution in [2.24, 2.45) is 0 Å². The Morgan fingerprint density at radius 1 is 1.27 bits per heavy atom. The molecule has 1 aliphatic rings. The molecule has 0 amide bonds. The van der Waals surface area contributed by atoms with E-state index < -0.39 is 0 Å². The number of thiazole rings is 1. The maximum absolute atomic E-state index is 4.64. The SMILES string of the molecule is Cc1nc(N2CCCCCC2)sc1CS. The molecule has 0 radical (unpaired) electrons. The molecule has 2 rings (SSSR count). The van der Waals surface area contributed by atoms with Crippen LogP contribution in [-0.4, -0.2) is 18.1 Å². The van der Waals surface area contributed by atoms with Crippen molar-refractivity contribution in [1.82, 2.24) is 4.98 Å². The fourth-order valence-corrected chi connectivity index (χ4v) is 3.35.